The first kappa shape index (κ1) is 11.1. The molecule has 0 bridgehead atoms. The first-order valence-corrected chi connectivity index (χ1v) is 5.51. The van der Waals surface area contributed by atoms with E-state index in [9.17, 15) is 4.79 Å². The van der Waals surface area contributed by atoms with Gasteiger partial charge >= 0.3 is 0 Å². The van der Waals surface area contributed by atoms with Crippen LogP contribution >= 0.6 is 11.6 Å². The topological polar surface area (TPSA) is 58.1 Å². The number of likely N-dealkylation sites (N-methyl/N-ethyl adjacent to an activating group) is 1. The second kappa shape index (κ2) is 4.65. The molecule has 5 nitrogen and oxygen atoms in total. The van der Waals surface area contributed by atoms with Gasteiger partial charge in [-0.3, -0.25) is 9.78 Å². The molecular weight excluding hydrogens is 228 g/mol. The molecule has 1 aromatic rings. The van der Waals surface area contributed by atoms with Crippen molar-refractivity contribution in [3.63, 3.8) is 0 Å². The molecule has 2 heterocycles. The summed E-state index contributed by atoms with van der Waals surface area (Å²) in [5.74, 6) is 0.843. The van der Waals surface area contributed by atoms with Gasteiger partial charge in [-0.2, -0.15) is 0 Å². The lowest BCUT2D eigenvalue weighted by Gasteiger charge is -2.30. The summed E-state index contributed by atoms with van der Waals surface area (Å²) in [6.45, 7) is 0.688. The molecule has 1 fully saturated rings. The lowest BCUT2D eigenvalue weighted by atomic mass is 10.1. The van der Waals surface area contributed by atoms with Crippen molar-refractivity contribution < 1.29 is 4.79 Å². The molecule has 1 atom stereocenters. The normalized spacial score (nSPS) is 21.0. The molecule has 1 aliphatic heterocycles. The fourth-order valence-corrected chi connectivity index (χ4v) is 1.90. The molecule has 86 valence electrons. The van der Waals surface area contributed by atoms with E-state index in [1.54, 1.807) is 18.1 Å². The molecule has 16 heavy (non-hydrogen) atoms. The predicted molar refractivity (Wildman–Crippen MR) is 61.3 cm³/mol. The van der Waals surface area contributed by atoms with E-state index in [-0.39, 0.29) is 11.9 Å². The van der Waals surface area contributed by atoms with Crippen LogP contribution in [0.5, 0.6) is 0 Å². The van der Waals surface area contributed by atoms with E-state index < -0.39 is 0 Å². The summed E-state index contributed by atoms with van der Waals surface area (Å²) in [5.41, 5.74) is 0. The van der Waals surface area contributed by atoms with Crippen molar-refractivity contribution in [1.29, 1.82) is 0 Å². The molecule has 1 saturated heterocycles. The number of hydrogen-bond acceptors (Lipinski definition) is 4. The fourth-order valence-electron chi connectivity index (χ4n) is 1.75. The summed E-state index contributed by atoms with van der Waals surface area (Å²) in [4.78, 5) is 21.1. The molecule has 1 amide bonds. The van der Waals surface area contributed by atoms with E-state index in [0.29, 0.717) is 23.9 Å². The number of carbonyl (C=O) groups is 1. The van der Waals surface area contributed by atoms with Gasteiger partial charge < -0.3 is 10.2 Å². The highest BCUT2D eigenvalue weighted by atomic mass is 35.5. The summed E-state index contributed by atoms with van der Waals surface area (Å²) in [7, 11) is 1.81. The minimum atomic E-state index is 0.190. The highest BCUT2D eigenvalue weighted by Crippen LogP contribution is 2.15. The quantitative estimate of drug-likeness (QED) is 0.843. The summed E-state index contributed by atoms with van der Waals surface area (Å²) >= 11 is 5.74. The smallest absolute Gasteiger partial charge is 0.222 e. The Hall–Kier alpha value is -1.36. The Morgan fingerprint density at radius 3 is 3.06 bits per heavy atom. The van der Waals surface area contributed by atoms with Crippen LogP contribution in [0.4, 0.5) is 5.82 Å². The van der Waals surface area contributed by atoms with Gasteiger partial charge in [0.15, 0.2) is 0 Å². The summed E-state index contributed by atoms with van der Waals surface area (Å²) < 4.78 is 0. The van der Waals surface area contributed by atoms with Gasteiger partial charge in [-0.25, -0.2) is 4.98 Å². The van der Waals surface area contributed by atoms with Crippen molar-refractivity contribution in [2.75, 3.05) is 18.9 Å². The Balaban J connectivity index is 1.98. The van der Waals surface area contributed by atoms with E-state index in [2.05, 4.69) is 15.3 Å². The Morgan fingerprint density at radius 1 is 1.56 bits per heavy atom. The van der Waals surface area contributed by atoms with Crippen molar-refractivity contribution >= 4 is 23.3 Å². The molecule has 0 saturated carbocycles. The number of hydrogen-bond donors (Lipinski definition) is 1. The van der Waals surface area contributed by atoms with Crippen molar-refractivity contribution in [3.8, 4) is 0 Å². The van der Waals surface area contributed by atoms with E-state index in [1.807, 2.05) is 0 Å². The summed E-state index contributed by atoms with van der Waals surface area (Å²) in [5, 5.41) is 3.59. The van der Waals surface area contributed by atoms with Gasteiger partial charge in [-0.1, -0.05) is 11.6 Å². The number of piperidine rings is 1. The average Bonchev–Trinajstić information content (AvgIpc) is 2.24. The minimum Gasteiger partial charge on any atom is -0.364 e. The number of aromatic nitrogens is 2. The standard InChI is InChI=1S/C10H13ClN4O/c1-15-6-7(2-3-10(15)16)13-9-5-12-4-8(11)14-9/h4-5,7H,2-3,6H2,1H3,(H,13,14). The van der Waals surface area contributed by atoms with Crippen LogP contribution in [0.25, 0.3) is 0 Å². The molecule has 0 aliphatic carbocycles. The number of nitrogens with one attached hydrogen (secondary N) is 1. The van der Waals surface area contributed by atoms with Crippen LogP contribution in [0.1, 0.15) is 12.8 Å². The number of nitrogens with zero attached hydrogens (tertiary/aromatic N) is 3. The van der Waals surface area contributed by atoms with Gasteiger partial charge in [0, 0.05) is 26.1 Å². The van der Waals surface area contributed by atoms with Gasteiger partial charge in [0.25, 0.3) is 0 Å². The Bertz CT molecular complexity index is 398. The van der Waals surface area contributed by atoms with Crippen molar-refractivity contribution in [3.05, 3.63) is 17.5 Å². The zero-order valence-corrected chi connectivity index (χ0v) is 9.74. The van der Waals surface area contributed by atoms with Crippen LogP contribution in [-0.4, -0.2) is 40.4 Å². The SMILES string of the molecule is CN1CC(Nc2cncc(Cl)n2)CCC1=O. The van der Waals surface area contributed by atoms with Crippen LogP contribution in [-0.2, 0) is 4.79 Å². The largest absolute Gasteiger partial charge is 0.364 e. The predicted octanol–water partition coefficient (Wildman–Crippen LogP) is 1.16. The number of amides is 1. The van der Waals surface area contributed by atoms with Crippen LogP contribution in [0, 0.1) is 0 Å². The monoisotopic (exact) mass is 240 g/mol. The van der Waals surface area contributed by atoms with Gasteiger partial charge in [0.05, 0.1) is 12.4 Å². The van der Waals surface area contributed by atoms with Gasteiger partial charge in [0.2, 0.25) is 5.91 Å². The zero-order valence-electron chi connectivity index (χ0n) is 8.98. The zero-order chi connectivity index (χ0) is 11.5. The van der Waals surface area contributed by atoms with E-state index in [4.69, 9.17) is 11.6 Å². The fraction of sp³-hybridized carbons (Fsp3) is 0.500. The molecule has 0 spiro atoms. The molecule has 1 N–H and O–H groups in total. The van der Waals surface area contributed by atoms with Crippen LogP contribution < -0.4 is 5.32 Å². The molecular formula is C10H13ClN4O. The van der Waals surface area contributed by atoms with Crippen molar-refractivity contribution in [1.82, 2.24) is 14.9 Å². The Kier molecular flexibility index (Phi) is 3.24. The minimum absolute atomic E-state index is 0.190. The van der Waals surface area contributed by atoms with E-state index in [0.717, 1.165) is 6.42 Å². The number of anilines is 1. The second-order valence-electron chi connectivity index (χ2n) is 3.88. The maximum absolute atomic E-state index is 11.3. The molecule has 1 unspecified atom stereocenters. The lowest BCUT2D eigenvalue weighted by Crippen LogP contribution is -2.43. The third kappa shape index (κ3) is 2.61. The summed E-state index contributed by atoms with van der Waals surface area (Å²) in [6.07, 6.45) is 4.51. The molecule has 6 heteroatoms. The number of rotatable bonds is 2. The summed E-state index contributed by atoms with van der Waals surface area (Å²) in [6, 6.07) is 0.218. The van der Waals surface area contributed by atoms with Crippen LogP contribution in [0.2, 0.25) is 5.15 Å². The Morgan fingerprint density at radius 2 is 2.38 bits per heavy atom. The third-order valence-corrected chi connectivity index (χ3v) is 2.77. The average molecular weight is 241 g/mol. The second-order valence-corrected chi connectivity index (χ2v) is 4.27. The first-order valence-electron chi connectivity index (χ1n) is 5.13. The number of likely N-dealkylation sites (tertiary alicyclic amines) is 1. The number of halogens is 1. The van der Waals surface area contributed by atoms with E-state index >= 15 is 0 Å². The maximum Gasteiger partial charge on any atom is 0.222 e. The molecule has 2 rings (SSSR count). The van der Waals surface area contributed by atoms with Gasteiger partial charge in [-0.05, 0) is 6.42 Å². The first-order chi connectivity index (χ1) is 7.65. The highest BCUT2D eigenvalue weighted by molar-refractivity contribution is 6.29. The van der Waals surface area contributed by atoms with Gasteiger partial charge in [0.1, 0.15) is 11.0 Å². The highest BCUT2D eigenvalue weighted by Gasteiger charge is 2.22. The third-order valence-electron chi connectivity index (χ3n) is 2.58. The molecule has 1 aliphatic rings. The molecule has 0 radical (unpaired) electrons. The van der Waals surface area contributed by atoms with Crippen molar-refractivity contribution in [2.45, 2.75) is 18.9 Å². The van der Waals surface area contributed by atoms with Crippen LogP contribution in [0.15, 0.2) is 12.4 Å². The van der Waals surface area contributed by atoms with Gasteiger partial charge in [-0.15, -0.1) is 0 Å². The molecule has 1 aromatic heterocycles. The van der Waals surface area contributed by atoms with E-state index in [1.165, 1.54) is 6.20 Å². The van der Waals surface area contributed by atoms with Crippen LogP contribution in [0.3, 0.4) is 0 Å². The molecule has 0 aromatic carbocycles. The Labute approximate surface area is 98.8 Å². The maximum atomic E-state index is 11.3. The number of carbonyl (C=O) groups excluding carboxylic acids is 1. The van der Waals surface area contributed by atoms with Crippen molar-refractivity contribution in [2.24, 2.45) is 0 Å². The lowest BCUT2D eigenvalue weighted by molar-refractivity contribution is -0.132.